The minimum Gasteiger partial charge on any atom is -0.278 e. The molecule has 0 spiro atoms. The molecule has 5 nitrogen and oxygen atoms in total. The lowest BCUT2D eigenvalue weighted by Crippen LogP contribution is -2.51. The summed E-state index contributed by atoms with van der Waals surface area (Å²) in [5.41, 5.74) is 0.437. The van der Waals surface area contributed by atoms with Crippen LogP contribution in [0.2, 0.25) is 0 Å². The first kappa shape index (κ1) is 10.4. The fourth-order valence-electron chi connectivity index (χ4n) is 1.49. The minimum atomic E-state index is -0.648. The summed E-state index contributed by atoms with van der Waals surface area (Å²) < 4.78 is 0. The van der Waals surface area contributed by atoms with Crippen molar-refractivity contribution in [3.8, 4) is 0 Å². The van der Waals surface area contributed by atoms with E-state index in [9.17, 15) is 14.4 Å². The van der Waals surface area contributed by atoms with Gasteiger partial charge in [-0.3, -0.25) is 19.8 Å². The highest BCUT2D eigenvalue weighted by molar-refractivity contribution is 6.09. The molecule has 1 aliphatic rings. The van der Waals surface area contributed by atoms with Gasteiger partial charge < -0.3 is 0 Å². The number of imide groups is 2. The van der Waals surface area contributed by atoms with E-state index in [0.717, 1.165) is 4.90 Å². The first-order chi connectivity index (χ1) is 7.68. The van der Waals surface area contributed by atoms with Crippen LogP contribution in [-0.2, 0) is 4.79 Å². The number of nitrogens with zero attached hydrogens (tertiary/aromatic N) is 1. The Morgan fingerprint density at radius 3 is 2.50 bits per heavy atom. The van der Waals surface area contributed by atoms with Gasteiger partial charge in [-0.05, 0) is 12.1 Å². The molecule has 0 unspecified atom stereocenters. The highest BCUT2D eigenvalue weighted by Gasteiger charge is 2.28. The smallest absolute Gasteiger partial charge is 0.278 e. The molecule has 1 aromatic carbocycles. The van der Waals surface area contributed by atoms with Crippen molar-refractivity contribution in [2.24, 2.45) is 0 Å². The molecule has 1 heterocycles. The van der Waals surface area contributed by atoms with Crippen LogP contribution in [0, 0.1) is 0 Å². The Morgan fingerprint density at radius 2 is 1.88 bits per heavy atom. The number of amides is 4. The van der Waals surface area contributed by atoms with Crippen molar-refractivity contribution in [3.63, 3.8) is 0 Å². The monoisotopic (exact) mass is 218 g/mol. The van der Waals surface area contributed by atoms with Crippen molar-refractivity contribution in [3.05, 3.63) is 35.9 Å². The van der Waals surface area contributed by atoms with Crippen LogP contribution in [0.5, 0.6) is 0 Å². The number of carbonyl (C=O) groups excluding carboxylic acids is 3. The van der Waals surface area contributed by atoms with Crippen molar-refractivity contribution in [1.29, 1.82) is 0 Å². The molecule has 1 N–H and O–H groups in total. The largest absolute Gasteiger partial charge is 0.331 e. The number of urea groups is 1. The third-order valence-electron chi connectivity index (χ3n) is 2.32. The quantitative estimate of drug-likeness (QED) is 0.757. The van der Waals surface area contributed by atoms with Gasteiger partial charge in [-0.1, -0.05) is 18.2 Å². The number of benzene rings is 1. The SMILES string of the molecule is O=C1CCN(C(=O)c2ccccc2)C(=O)N1. The van der Waals surface area contributed by atoms with Crippen LogP contribution in [0.1, 0.15) is 16.8 Å². The van der Waals surface area contributed by atoms with E-state index in [1.54, 1.807) is 30.3 Å². The molecule has 1 aliphatic heterocycles. The zero-order valence-electron chi connectivity index (χ0n) is 8.47. The lowest BCUT2D eigenvalue weighted by Gasteiger charge is -2.24. The van der Waals surface area contributed by atoms with Crippen LogP contribution < -0.4 is 5.32 Å². The molecule has 0 bridgehead atoms. The molecule has 0 aliphatic carbocycles. The van der Waals surface area contributed by atoms with E-state index in [1.165, 1.54) is 0 Å². The number of rotatable bonds is 1. The van der Waals surface area contributed by atoms with Gasteiger partial charge in [0.15, 0.2) is 0 Å². The maximum Gasteiger partial charge on any atom is 0.331 e. The standard InChI is InChI=1S/C11H10N2O3/c14-9-6-7-13(11(16)12-9)10(15)8-4-2-1-3-5-8/h1-5H,6-7H2,(H,12,14,16). The summed E-state index contributed by atoms with van der Waals surface area (Å²) in [5.74, 6) is -0.729. The van der Waals surface area contributed by atoms with Crippen molar-refractivity contribution < 1.29 is 14.4 Å². The number of nitrogens with one attached hydrogen (secondary N) is 1. The summed E-state index contributed by atoms with van der Waals surface area (Å²) in [6, 6.07) is 7.85. The predicted molar refractivity (Wildman–Crippen MR) is 55.6 cm³/mol. The third-order valence-corrected chi connectivity index (χ3v) is 2.32. The summed E-state index contributed by atoms with van der Waals surface area (Å²) in [4.78, 5) is 35.2. The molecule has 0 radical (unpaired) electrons. The number of carbonyl (C=O) groups is 3. The molecule has 1 aromatic rings. The Kier molecular flexibility index (Phi) is 2.68. The van der Waals surface area contributed by atoms with Crippen LogP contribution in [0.3, 0.4) is 0 Å². The average molecular weight is 218 g/mol. The fraction of sp³-hybridized carbons (Fsp3) is 0.182. The second-order valence-electron chi connectivity index (χ2n) is 3.43. The minimum absolute atomic E-state index is 0.137. The van der Waals surface area contributed by atoms with Crippen LogP contribution in [0.15, 0.2) is 30.3 Å². The Bertz CT molecular complexity index is 442. The van der Waals surface area contributed by atoms with Crippen molar-refractivity contribution >= 4 is 17.8 Å². The summed E-state index contributed by atoms with van der Waals surface area (Å²) in [6.07, 6.45) is 0.157. The Morgan fingerprint density at radius 1 is 1.19 bits per heavy atom. The summed E-state index contributed by atoms with van der Waals surface area (Å²) >= 11 is 0. The third kappa shape index (κ3) is 1.93. The van der Waals surface area contributed by atoms with Crippen LogP contribution in [0.4, 0.5) is 4.79 Å². The van der Waals surface area contributed by atoms with Gasteiger partial charge in [0.2, 0.25) is 5.91 Å². The summed E-state index contributed by atoms with van der Waals surface area (Å²) in [7, 11) is 0. The highest BCUT2D eigenvalue weighted by atomic mass is 16.2. The predicted octanol–water partition coefficient (Wildman–Crippen LogP) is 0.769. The summed E-state index contributed by atoms with van der Waals surface area (Å²) in [6.45, 7) is 0.137. The van der Waals surface area contributed by atoms with Gasteiger partial charge in [-0.15, -0.1) is 0 Å². The number of hydrogen-bond acceptors (Lipinski definition) is 3. The van der Waals surface area contributed by atoms with Gasteiger partial charge in [0.1, 0.15) is 0 Å². The molecule has 4 amide bonds. The van der Waals surface area contributed by atoms with Gasteiger partial charge in [-0.2, -0.15) is 0 Å². The molecule has 1 fully saturated rings. The lowest BCUT2D eigenvalue weighted by atomic mass is 10.2. The zero-order chi connectivity index (χ0) is 11.5. The number of hydrogen-bond donors (Lipinski definition) is 1. The average Bonchev–Trinajstić information content (AvgIpc) is 2.29. The van der Waals surface area contributed by atoms with E-state index in [-0.39, 0.29) is 24.8 Å². The normalized spacial score (nSPS) is 15.9. The van der Waals surface area contributed by atoms with Crippen LogP contribution >= 0.6 is 0 Å². The molecule has 82 valence electrons. The Balaban J connectivity index is 2.17. The van der Waals surface area contributed by atoms with Crippen LogP contribution in [0.25, 0.3) is 0 Å². The molecule has 5 heteroatoms. The Labute approximate surface area is 92.0 Å². The molecular formula is C11H10N2O3. The topological polar surface area (TPSA) is 66.5 Å². The molecular weight excluding hydrogens is 208 g/mol. The van der Waals surface area contributed by atoms with E-state index in [4.69, 9.17) is 0 Å². The maximum absolute atomic E-state index is 11.9. The highest BCUT2D eigenvalue weighted by Crippen LogP contribution is 2.08. The molecule has 0 atom stereocenters. The maximum atomic E-state index is 11.9. The molecule has 1 saturated heterocycles. The van der Waals surface area contributed by atoms with Gasteiger partial charge in [0, 0.05) is 18.5 Å². The lowest BCUT2D eigenvalue weighted by molar-refractivity contribution is -0.121. The first-order valence-corrected chi connectivity index (χ1v) is 4.89. The van der Waals surface area contributed by atoms with Gasteiger partial charge in [-0.25, -0.2) is 4.79 Å². The van der Waals surface area contributed by atoms with Crippen LogP contribution in [-0.4, -0.2) is 29.3 Å². The van der Waals surface area contributed by atoms with Crippen molar-refractivity contribution in [2.45, 2.75) is 6.42 Å². The van der Waals surface area contributed by atoms with E-state index in [2.05, 4.69) is 5.32 Å². The van der Waals surface area contributed by atoms with E-state index in [1.807, 2.05) is 0 Å². The van der Waals surface area contributed by atoms with E-state index < -0.39 is 6.03 Å². The molecule has 16 heavy (non-hydrogen) atoms. The van der Waals surface area contributed by atoms with E-state index >= 15 is 0 Å². The van der Waals surface area contributed by atoms with Gasteiger partial charge in [0.05, 0.1) is 0 Å². The Hall–Kier alpha value is -2.17. The summed E-state index contributed by atoms with van der Waals surface area (Å²) in [5, 5.41) is 2.11. The second-order valence-corrected chi connectivity index (χ2v) is 3.43. The fourth-order valence-corrected chi connectivity index (χ4v) is 1.49. The second kappa shape index (κ2) is 4.14. The van der Waals surface area contributed by atoms with Crippen molar-refractivity contribution in [2.75, 3.05) is 6.54 Å². The first-order valence-electron chi connectivity index (χ1n) is 4.89. The zero-order valence-corrected chi connectivity index (χ0v) is 8.47. The van der Waals surface area contributed by atoms with E-state index in [0.29, 0.717) is 5.56 Å². The van der Waals surface area contributed by atoms with Crippen molar-refractivity contribution in [1.82, 2.24) is 10.2 Å². The van der Waals surface area contributed by atoms with Gasteiger partial charge >= 0.3 is 6.03 Å². The molecule has 2 rings (SSSR count). The molecule has 0 aromatic heterocycles. The molecule has 0 saturated carbocycles. The van der Waals surface area contributed by atoms with Gasteiger partial charge in [0.25, 0.3) is 5.91 Å².